The number of likely N-dealkylation sites (N-methyl/N-ethyl adjacent to an activating group) is 1. The fraction of sp³-hybridized carbons (Fsp3) is 0.240. The van der Waals surface area contributed by atoms with Gasteiger partial charge in [0, 0.05) is 37.4 Å². The number of hydrogen-bond acceptors (Lipinski definition) is 4. The first-order chi connectivity index (χ1) is 15.1. The van der Waals surface area contributed by atoms with Crippen molar-refractivity contribution in [3.63, 3.8) is 0 Å². The van der Waals surface area contributed by atoms with Crippen molar-refractivity contribution in [2.45, 2.75) is 6.61 Å². The van der Waals surface area contributed by atoms with Crippen LogP contribution in [0.2, 0.25) is 5.02 Å². The first kappa shape index (κ1) is 21.2. The number of anilines is 2. The van der Waals surface area contributed by atoms with Gasteiger partial charge in [-0.1, -0.05) is 48.0 Å². The quantitative estimate of drug-likeness (QED) is 0.596. The van der Waals surface area contributed by atoms with Crippen molar-refractivity contribution in [2.24, 2.45) is 0 Å². The molecule has 1 aliphatic heterocycles. The van der Waals surface area contributed by atoms with Crippen LogP contribution in [-0.2, 0) is 6.61 Å². The van der Waals surface area contributed by atoms with Crippen LogP contribution in [0.25, 0.3) is 0 Å². The lowest BCUT2D eigenvalue weighted by Gasteiger charge is -2.34. The molecule has 0 spiro atoms. The van der Waals surface area contributed by atoms with Gasteiger partial charge in [-0.25, -0.2) is 0 Å². The van der Waals surface area contributed by atoms with E-state index in [1.165, 1.54) is 0 Å². The number of amides is 1. The second-order valence-corrected chi connectivity index (χ2v) is 8.12. The van der Waals surface area contributed by atoms with Crippen LogP contribution in [0.3, 0.4) is 0 Å². The van der Waals surface area contributed by atoms with E-state index in [1.54, 1.807) is 12.1 Å². The Balaban J connectivity index is 1.39. The summed E-state index contributed by atoms with van der Waals surface area (Å²) >= 11 is 6.53. The summed E-state index contributed by atoms with van der Waals surface area (Å²) in [6, 6.07) is 22.8. The number of carbonyl (C=O) groups is 1. The summed E-state index contributed by atoms with van der Waals surface area (Å²) in [5.74, 6) is 0.452. The molecule has 3 aromatic carbocycles. The average Bonchev–Trinajstić information content (AvgIpc) is 2.79. The van der Waals surface area contributed by atoms with E-state index < -0.39 is 0 Å². The van der Waals surface area contributed by atoms with Crippen molar-refractivity contribution in [3.8, 4) is 5.75 Å². The summed E-state index contributed by atoms with van der Waals surface area (Å²) in [5, 5.41) is 3.57. The number of piperazine rings is 1. The number of nitrogens with one attached hydrogen (secondary N) is 1. The number of rotatable bonds is 6. The van der Waals surface area contributed by atoms with Crippen LogP contribution < -0.4 is 15.0 Å². The Kier molecular flexibility index (Phi) is 6.75. The molecule has 1 aliphatic rings. The van der Waals surface area contributed by atoms with E-state index in [-0.39, 0.29) is 5.91 Å². The molecule has 1 fully saturated rings. The van der Waals surface area contributed by atoms with Crippen LogP contribution >= 0.6 is 11.6 Å². The van der Waals surface area contributed by atoms with Crippen LogP contribution in [0.4, 0.5) is 11.4 Å². The predicted molar refractivity (Wildman–Crippen MR) is 126 cm³/mol. The SMILES string of the molecule is CN1CCN(c2ccc(NC(=O)c3cccc(OCc4ccccc4)c3)cc2Cl)CC1. The maximum atomic E-state index is 12.7. The zero-order valence-corrected chi connectivity index (χ0v) is 18.3. The monoisotopic (exact) mass is 435 g/mol. The van der Waals surface area contributed by atoms with Crippen LogP contribution in [-0.4, -0.2) is 44.0 Å². The van der Waals surface area contributed by atoms with Gasteiger partial charge in [-0.15, -0.1) is 0 Å². The van der Waals surface area contributed by atoms with Crippen molar-refractivity contribution >= 4 is 28.9 Å². The molecular weight excluding hydrogens is 410 g/mol. The first-order valence-corrected chi connectivity index (χ1v) is 10.8. The zero-order valence-electron chi connectivity index (χ0n) is 17.6. The van der Waals surface area contributed by atoms with Crippen molar-refractivity contribution in [1.29, 1.82) is 0 Å². The minimum absolute atomic E-state index is 0.200. The maximum absolute atomic E-state index is 12.7. The molecule has 0 saturated carbocycles. The summed E-state index contributed by atoms with van der Waals surface area (Å²) in [6.07, 6.45) is 0. The number of benzene rings is 3. The van der Waals surface area contributed by atoms with E-state index in [2.05, 4.69) is 22.2 Å². The molecule has 0 bridgehead atoms. The Labute approximate surface area is 188 Å². The molecule has 31 heavy (non-hydrogen) atoms. The summed E-state index contributed by atoms with van der Waals surface area (Å²) < 4.78 is 5.83. The fourth-order valence-electron chi connectivity index (χ4n) is 3.56. The van der Waals surface area contributed by atoms with Gasteiger partial charge in [0.05, 0.1) is 10.7 Å². The summed E-state index contributed by atoms with van der Waals surface area (Å²) in [4.78, 5) is 17.3. The van der Waals surface area contributed by atoms with Crippen LogP contribution in [0.5, 0.6) is 5.75 Å². The van der Waals surface area contributed by atoms with E-state index in [0.29, 0.717) is 28.6 Å². The van der Waals surface area contributed by atoms with Crippen molar-refractivity contribution in [1.82, 2.24) is 4.90 Å². The van der Waals surface area contributed by atoms with E-state index >= 15 is 0 Å². The van der Waals surface area contributed by atoms with E-state index in [4.69, 9.17) is 16.3 Å². The van der Waals surface area contributed by atoms with Gasteiger partial charge in [-0.3, -0.25) is 4.79 Å². The third-order valence-electron chi connectivity index (χ3n) is 5.39. The minimum Gasteiger partial charge on any atom is -0.489 e. The second kappa shape index (κ2) is 9.86. The highest BCUT2D eigenvalue weighted by atomic mass is 35.5. The average molecular weight is 436 g/mol. The zero-order chi connectivity index (χ0) is 21.6. The lowest BCUT2D eigenvalue weighted by molar-refractivity contribution is 0.102. The number of halogens is 1. The molecule has 5 nitrogen and oxygen atoms in total. The smallest absolute Gasteiger partial charge is 0.255 e. The van der Waals surface area contributed by atoms with Crippen molar-refractivity contribution < 1.29 is 9.53 Å². The molecule has 1 saturated heterocycles. The van der Waals surface area contributed by atoms with E-state index in [9.17, 15) is 4.79 Å². The van der Waals surface area contributed by atoms with E-state index in [0.717, 1.165) is 37.4 Å². The fourth-order valence-corrected chi connectivity index (χ4v) is 3.86. The second-order valence-electron chi connectivity index (χ2n) is 7.71. The lowest BCUT2D eigenvalue weighted by Crippen LogP contribution is -2.44. The van der Waals surface area contributed by atoms with Gasteiger partial charge >= 0.3 is 0 Å². The van der Waals surface area contributed by atoms with E-state index in [1.807, 2.05) is 60.7 Å². The molecule has 1 heterocycles. The van der Waals surface area contributed by atoms with Gasteiger partial charge in [0.25, 0.3) is 5.91 Å². The minimum atomic E-state index is -0.200. The summed E-state index contributed by atoms with van der Waals surface area (Å²) in [6.45, 7) is 4.36. The highest BCUT2D eigenvalue weighted by molar-refractivity contribution is 6.33. The largest absolute Gasteiger partial charge is 0.489 e. The van der Waals surface area contributed by atoms with Gasteiger partial charge < -0.3 is 19.9 Å². The highest BCUT2D eigenvalue weighted by Gasteiger charge is 2.17. The van der Waals surface area contributed by atoms with Gasteiger partial charge in [0.15, 0.2) is 0 Å². The molecule has 4 rings (SSSR count). The van der Waals surface area contributed by atoms with Gasteiger partial charge in [0.1, 0.15) is 12.4 Å². The van der Waals surface area contributed by atoms with Gasteiger partial charge in [0.2, 0.25) is 0 Å². The first-order valence-electron chi connectivity index (χ1n) is 10.4. The molecule has 0 radical (unpaired) electrons. The Morgan fingerprint density at radius 3 is 2.48 bits per heavy atom. The number of hydrogen-bond donors (Lipinski definition) is 1. The Morgan fingerprint density at radius 2 is 1.74 bits per heavy atom. The molecule has 0 aliphatic carbocycles. The standard InChI is InChI=1S/C25H26ClN3O2/c1-28-12-14-29(15-13-28)24-11-10-21(17-23(24)26)27-25(30)20-8-5-9-22(16-20)31-18-19-6-3-2-4-7-19/h2-11,16-17H,12-15,18H2,1H3,(H,27,30). The predicted octanol–water partition coefficient (Wildman–Crippen LogP) is 4.92. The van der Waals surface area contributed by atoms with Crippen molar-refractivity contribution in [2.75, 3.05) is 43.4 Å². The maximum Gasteiger partial charge on any atom is 0.255 e. The van der Waals surface area contributed by atoms with Crippen LogP contribution in [0, 0.1) is 0 Å². The van der Waals surface area contributed by atoms with Crippen molar-refractivity contribution in [3.05, 3.63) is 88.9 Å². The summed E-state index contributed by atoms with van der Waals surface area (Å²) in [7, 11) is 2.12. The number of carbonyl (C=O) groups excluding carboxylic acids is 1. The Hall–Kier alpha value is -3.02. The molecule has 160 valence electrons. The molecule has 3 aromatic rings. The third-order valence-corrected chi connectivity index (χ3v) is 5.70. The molecule has 1 amide bonds. The Morgan fingerprint density at radius 1 is 0.968 bits per heavy atom. The summed E-state index contributed by atoms with van der Waals surface area (Å²) in [5.41, 5.74) is 3.28. The topological polar surface area (TPSA) is 44.8 Å². The van der Waals surface area contributed by atoms with Gasteiger partial charge in [-0.2, -0.15) is 0 Å². The molecule has 6 heteroatoms. The number of nitrogens with zero attached hydrogens (tertiary/aromatic N) is 2. The lowest BCUT2D eigenvalue weighted by atomic mass is 10.2. The number of ether oxygens (including phenoxy) is 1. The molecule has 0 atom stereocenters. The van der Waals surface area contributed by atoms with Gasteiger partial charge in [-0.05, 0) is 49.0 Å². The van der Waals surface area contributed by atoms with Crippen LogP contribution in [0.15, 0.2) is 72.8 Å². The normalized spacial score (nSPS) is 14.3. The Bertz CT molecular complexity index is 1030. The third kappa shape index (κ3) is 5.57. The highest BCUT2D eigenvalue weighted by Crippen LogP contribution is 2.30. The molecular formula is C25H26ClN3O2. The molecule has 0 unspecified atom stereocenters. The molecule has 0 aromatic heterocycles. The van der Waals surface area contributed by atoms with Crippen LogP contribution in [0.1, 0.15) is 15.9 Å². The molecule has 1 N–H and O–H groups in total.